The molecule has 0 heterocycles. The average molecular weight is 286 g/mol. The van der Waals surface area contributed by atoms with Crippen LogP contribution >= 0.6 is 0 Å². The molecule has 2 aromatic carbocycles. The van der Waals surface area contributed by atoms with E-state index in [9.17, 15) is 15.0 Å². The summed E-state index contributed by atoms with van der Waals surface area (Å²) in [6.07, 6.45) is 0. The van der Waals surface area contributed by atoms with Gasteiger partial charge in [-0.2, -0.15) is 0 Å². The number of carbonyl (C=O) groups is 1. The van der Waals surface area contributed by atoms with E-state index in [1.807, 2.05) is 30.3 Å². The minimum Gasteiger partial charge on any atom is -0.508 e. The van der Waals surface area contributed by atoms with E-state index in [-0.39, 0.29) is 24.0 Å². The fourth-order valence-electron chi connectivity index (χ4n) is 1.87. The minimum atomic E-state index is -0.114. The first-order valence-corrected chi connectivity index (χ1v) is 6.67. The smallest absolute Gasteiger partial charge is 0.234 e. The monoisotopic (exact) mass is 286 g/mol. The van der Waals surface area contributed by atoms with Crippen LogP contribution in [0.4, 0.5) is 0 Å². The zero-order valence-corrected chi connectivity index (χ0v) is 11.5. The van der Waals surface area contributed by atoms with E-state index in [1.54, 1.807) is 6.07 Å². The fourth-order valence-corrected chi connectivity index (χ4v) is 1.87. The topological polar surface area (TPSA) is 81.6 Å². The lowest BCUT2D eigenvalue weighted by atomic mass is 10.2. The van der Waals surface area contributed by atoms with Gasteiger partial charge in [0.05, 0.1) is 6.54 Å². The van der Waals surface area contributed by atoms with Crippen molar-refractivity contribution in [3.63, 3.8) is 0 Å². The summed E-state index contributed by atoms with van der Waals surface area (Å²) in [5.74, 6) is -0.0961. The minimum absolute atomic E-state index is 0.00666. The van der Waals surface area contributed by atoms with Crippen molar-refractivity contribution in [2.24, 2.45) is 0 Å². The number of hydrogen-bond donors (Lipinski definition) is 4. The molecule has 0 aromatic heterocycles. The maximum absolute atomic E-state index is 11.7. The van der Waals surface area contributed by atoms with Crippen LogP contribution in [0.5, 0.6) is 11.5 Å². The van der Waals surface area contributed by atoms with Crippen LogP contribution in [0.25, 0.3) is 0 Å². The molecule has 0 aliphatic heterocycles. The molecule has 2 rings (SSSR count). The molecule has 0 spiro atoms. The second kappa shape index (κ2) is 7.31. The number of benzene rings is 2. The third-order valence-electron chi connectivity index (χ3n) is 3.00. The number of amides is 1. The lowest BCUT2D eigenvalue weighted by Crippen LogP contribution is -2.33. The van der Waals surface area contributed by atoms with Crippen molar-refractivity contribution < 1.29 is 15.0 Å². The first-order valence-electron chi connectivity index (χ1n) is 6.67. The second-order valence-electron chi connectivity index (χ2n) is 4.68. The summed E-state index contributed by atoms with van der Waals surface area (Å²) >= 11 is 0. The first-order chi connectivity index (χ1) is 10.1. The highest BCUT2D eigenvalue weighted by molar-refractivity contribution is 5.77. The van der Waals surface area contributed by atoms with Gasteiger partial charge in [0.2, 0.25) is 5.91 Å². The number of carbonyl (C=O) groups excluding carboxylic acids is 1. The molecule has 0 saturated heterocycles. The number of phenols is 2. The standard InChI is InChI=1S/C16H18N2O3/c19-14-7-6-13(15(20)8-14)10-17-11-16(21)18-9-12-4-2-1-3-5-12/h1-8,17,19-20H,9-11H2,(H,18,21). The predicted molar refractivity (Wildman–Crippen MR) is 79.8 cm³/mol. The van der Waals surface area contributed by atoms with Crippen molar-refractivity contribution in [2.75, 3.05) is 6.54 Å². The molecule has 1 amide bonds. The van der Waals surface area contributed by atoms with Gasteiger partial charge in [-0.3, -0.25) is 4.79 Å². The average Bonchev–Trinajstić information content (AvgIpc) is 2.48. The molecule has 0 aliphatic carbocycles. The Bertz CT molecular complexity index is 600. The van der Waals surface area contributed by atoms with E-state index in [1.165, 1.54) is 12.1 Å². The first kappa shape index (κ1) is 14.9. The second-order valence-corrected chi connectivity index (χ2v) is 4.68. The predicted octanol–water partition coefficient (Wildman–Crippen LogP) is 1.50. The van der Waals surface area contributed by atoms with Crippen molar-refractivity contribution in [3.8, 4) is 11.5 Å². The largest absolute Gasteiger partial charge is 0.508 e. The van der Waals surface area contributed by atoms with Crippen LogP contribution in [0.2, 0.25) is 0 Å². The van der Waals surface area contributed by atoms with E-state index in [0.29, 0.717) is 18.7 Å². The van der Waals surface area contributed by atoms with Crippen LogP contribution in [0, 0.1) is 0 Å². The van der Waals surface area contributed by atoms with Gasteiger partial charge >= 0.3 is 0 Å². The van der Waals surface area contributed by atoms with Crippen LogP contribution in [-0.2, 0) is 17.9 Å². The van der Waals surface area contributed by atoms with Crippen molar-refractivity contribution in [2.45, 2.75) is 13.1 Å². The third kappa shape index (κ3) is 4.81. The summed E-state index contributed by atoms with van der Waals surface area (Å²) in [5, 5.41) is 24.5. The zero-order chi connectivity index (χ0) is 15.1. The molecule has 21 heavy (non-hydrogen) atoms. The van der Waals surface area contributed by atoms with Crippen LogP contribution in [0.3, 0.4) is 0 Å². The molecule has 0 atom stereocenters. The summed E-state index contributed by atoms with van der Waals surface area (Å²) < 4.78 is 0. The van der Waals surface area contributed by atoms with Crippen molar-refractivity contribution >= 4 is 5.91 Å². The number of hydrogen-bond acceptors (Lipinski definition) is 4. The molecular formula is C16H18N2O3. The van der Waals surface area contributed by atoms with Crippen LogP contribution in [-0.4, -0.2) is 22.7 Å². The van der Waals surface area contributed by atoms with Gasteiger partial charge in [0.1, 0.15) is 11.5 Å². The van der Waals surface area contributed by atoms with E-state index in [4.69, 9.17) is 0 Å². The molecule has 0 aliphatic rings. The number of aromatic hydroxyl groups is 2. The van der Waals surface area contributed by atoms with Gasteiger partial charge in [-0.05, 0) is 11.6 Å². The summed E-state index contributed by atoms with van der Waals surface area (Å²) in [6.45, 7) is 1.00. The van der Waals surface area contributed by atoms with E-state index < -0.39 is 0 Å². The maximum atomic E-state index is 11.7. The van der Waals surface area contributed by atoms with E-state index >= 15 is 0 Å². The van der Waals surface area contributed by atoms with Gasteiger partial charge in [-0.15, -0.1) is 0 Å². The summed E-state index contributed by atoms with van der Waals surface area (Å²) in [4.78, 5) is 11.7. The van der Waals surface area contributed by atoms with Gasteiger partial charge in [0.25, 0.3) is 0 Å². The Hall–Kier alpha value is -2.53. The lowest BCUT2D eigenvalue weighted by Gasteiger charge is -2.08. The quantitative estimate of drug-likeness (QED) is 0.649. The Morgan fingerprint density at radius 2 is 1.76 bits per heavy atom. The highest BCUT2D eigenvalue weighted by Crippen LogP contribution is 2.21. The Kier molecular flexibility index (Phi) is 5.17. The molecule has 0 bridgehead atoms. The maximum Gasteiger partial charge on any atom is 0.234 e. The van der Waals surface area contributed by atoms with Crippen LogP contribution in [0.1, 0.15) is 11.1 Å². The van der Waals surface area contributed by atoms with Gasteiger partial charge < -0.3 is 20.8 Å². The number of nitrogens with one attached hydrogen (secondary N) is 2. The summed E-state index contributed by atoms with van der Waals surface area (Å²) in [5.41, 5.74) is 1.67. The molecule has 0 unspecified atom stereocenters. The van der Waals surface area contributed by atoms with E-state index in [2.05, 4.69) is 10.6 Å². The molecule has 4 N–H and O–H groups in total. The van der Waals surface area contributed by atoms with Crippen molar-refractivity contribution in [1.82, 2.24) is 10.6 Å². The van der Waals surface area contributed by atoms with Crippen LogP contribution in [0.15, 0.2) is 48.5 Å². The van der Waals surface area contributed by atoms with Crippen molar-refractivity contribution in [3.05, 3.63) is 59.7 Å². The Morgan fingerprint density at radius 1 is 1.00 bits per heavy atom. The molecule has 5 heteroatoms. The zero-order valence-electron chi connectivity index (χ0n) is 11.5. The Balaban J connectivity index is 1.72. The van der Waals surface area contributed by atoms with Gasteiger partial charge in [0.15, 0.2) is 0 Å². The molecule has 110 valence electrons. The van der Waals surface area contributed by atoms with E-state index in [0.717, 1.165) is 5.56 Å². The highest BCUT2D eigenvalue weighted by Gasteiger charge is 2.04. The molecular weight excluding hydrogens is 268 g/mol. The number of phenolic OH excluding ortho intramolecular Hbond substituents is 2. The molecule has 2 aromatic rings. The fraction of sp³-hybridized carbons (Fsp3) is 0.188. The summed E-state index contributed by atoms with van der Waals surface area (Å²) in [6, 6.07) is 14.0. The van der Waals surface area contributed by atoms with Gasteiger partial charge in [-0.25, -0.2) is 0 Å². The molecule has 0 fully saturated rings. The SMILES string of the molecule is O=C(CNCc1ccc(O)cc1O)NCc1ccccc1. The third-order valence-corrected chi connectivity index (χ3v) is 3.00. The lowest BCUT2D eigenvalue weighted by molar-refractivity contribution is -0.120. The van der Waals surface area contributed by atoms with Gasteiger partial charge in [0, 0.05) is 24.7 Å². The molecule has 0 radical (unpaired) electrons. The summed E-state index contributed by atoms with van der Waals surface area (Å²) in [7, 11) is 0. The number of rotatable bonds is 6. The Morgan fingerprint density at radius 3 is 2.48 bits per heavy atom. The molecule has 0 saturated carbocycles. The molecule has 5 nitrogen and oxygen atoms in total. The highest BCUT2D eigenvalue weighted by atomic mass is 16.3. The van der Waals surface area contributed by atoms with Crippen molar-refractivity contribution in [1.29, 1.82) is 0 Å². The Labute approximate surface area is 123 Å². The van der Waals surface area contributed by atoms with Gasteiger partial charge in [-0.1, -0.05) is 36.4 Å². The normalized spacial score (nSPS) is 10.3. The van der Waals surface area contributed by atoms with Crippen LogP contribution < -0.4 is 10.6 Å².